The summed E-state index contributed by atoms with van der Waals surface area (Å²) in [4.78, 5) is 5.06. The van der Waals surface area contributed by atoms with Crippen LogP contribution in [0.2, 0.25) is 0 Å². The molecule has 6 rings (SSSR count). The predicted octanol–water partition coefficient (Wildman–Crippen LogP) is 8.26. The Bertz CT molecular complexity index is 1680. The summed E-state index contributed by atoms with van der Waals surface area (Å²) in [5.41, 5.74) is 4.90. The Hall–Kier alpha value is -3.43. The molecule has 6 aromatic rings. The maximum Gasteiger partial charge on any atom is 0.147 e. The highest BCUT2D eigenvalue weighted by Gasteiger charge is 2.18. The molecule has 0 bridgehead atoms. The van der Waals surface area contributed by atoms with Gasteiger partial charge in [-0.15, -0.1) is 11.3 Å². The Labute approximate surface area is 194 Å². The van der Waals surface area contributed by atoms with E-state index in [9.17, 15) is 0 Å². The Kier molecular flexibility index (Phi) is 4.08. The molecule has 0 aliphatic carbocycles. The van der Waals surface area contributed by atoms with Crippen LogP contribution in [0.25, 0.3) is 49.0 Å². The molecule has 4 aromatic carbocycles. The van der Waals surface area contributed by atoms with Crippen LogP contribution in [-0.2, 0) is 6.37 Å². The summed E-state index contributed by atoms with van der Waals surface area (Å²) in [7, 11) is 0. The molecule has 0 spiro atoms. The van der Waals surface area contributed by atoms with Crippen molar-refractivity contribution in [3.05, 3.63) is 95.9 Å². The minimum absolute atomic E-state index is 0.0958. The quantitative estimate of drug-likeness (QED) is 0.273. The first-order valence-corrected chi connectivity index (χ1v) is 11.8. The molecule has 0 atom stereocenters. The van der Waals surface area contributed by atoms with Crippen molar-refractivity contribution >= 4 is 43.2 Å². The normalized spacial score (nSPS) is 13.2. The molecule has 32 heavy (non-hydrogen) atoms. The van der Waals surface area contributed by atoms with Gasteiger partial charge in [-0.3, -0.25) is 4.57 Å². The van der Waals surface area contributed by atoms with Gasteiger partial charge in [-0.25, -0.2) is 4.98 Å². The van der Waals surface area contributed by atoms with Crippen LogP contribution in [-0.4, -0.2) is 9.55 Å². The van der Waals surface area contributed by atoms with E-state index >= 15 is 0 Å². The number of fused-ring (bicyclic) bond motifs is 3. The van der Waals surface area contributed by atoms with Crippen molar-refractivity contribution in [2.45, 2.75) is 20.2 Å². The molecule has 0 N–H and O–H groups in total. The monoisotopic (exact) mass is 434 g/mol. The molecule has 2 heterocycles. The molecule has 2 aromatic heterocycles. The number of imidazole rings is 1. The third-order valence-corrected chi connectivity index (χ3v) is 6.77. The molecule has 0 saturated carbocycles. The third-order valence-electron chi connectivity index (χ3n) is 5.82. The van der Waals surface area contributed by atoms with Gasteiger partial charge in [0.15, 0.2) is 0 Å². The van der Waals surface area contributed by atoms with Gasteiger partial charge in [-0.1, -0.05) is 68.4 Å². The Morgan fingerprint density at radius 2 is 1.72 bits per heavy atom. The number of thiophene rings is 1. The Morgan fingerprint density at radius 3 is 2.59 bits per heavy atom. The molecule has 156 valence electrons. The van der Waals surface area contributed by atoms with E-state index in [4.69, 9.17) is 7.73 Å². The smallest absolute Gasteiger partial charge is 0.147 e. The summed E-state index contributed by atoms with van der Waals surface area (Å²) in [6, 6.07) is 29.2. The van der Waals surface area contributed by atoms with Crippen molar-refractivity contribution in [1.29, 1.82) is 0 Å². The lowest BCUT2D eigenvalue weighted by Crippen LogP contribution is -1.97. The lowest BCUT2D eigenvalue weighted by molar-refractivity contribution is 0.648. The lowest BCUT2D eigenvalue weighted by atomic mass is 10.0. The van der Waals surface area contributed by atoms with Crippen LogP contribution >= 0.6 is 11.3 Å². The van der Waals surface area contributed by atoms with Crippen LogP contribution in [0.15, 0.2) is 90.3 Å². The zero-order valence-corrected chi connectivity index (χ0v) is 18.9. The first-order valence-electron chi connectivity index (χ1n) is 11.9. The summed E-state index contributed by atoms with van der Waals surface area (Å²) in [6.07, 6.45) is -1.36. The molecule has 0 saturated heterocycles. The van der Waals surface area contributed by atoms with Crippen LogP contribution in [0.5, 0.6) is 0 Å². The van der Waals surface area contributed by atoms with Crippen LogP contribution in [0, 0.1) is 5.92 Å². The van der Waals surface area contributed by atoms with Gasteiger partial charge in [-0.2, -0.15) is 0 Å². The maximum atomic E-state index is 8.51. The van der Waals surface area contributed by atoms with Crippen molar-refractivity contribution in [1.82, 2.24) is 9.55 Å². The van der Waals surface area contributed by atoms with Gasteiger partial charge in [0.2, 0.25) is 0 Å². The highest BCUT2D eigenvalue weighted by atomic mass is 32.1. The number of para-hydroxylation sites is 2. The molecule has 0 unspecified atom stereocenters. The first-order chi connectivity index (χ1) is 16.4. The average molecular weight is 435 g/mol. The Balaban J connectivity index is 1.58. The number of nitrogens with zero attached hydrogens (tertiary/aromatic N) is 2. The summed E-state index contributed by atoms with van der Waals surface area (Å²) < 4.78 is 20.3. The molecule has 0 fully saturated rings. The Morgan fingerprint density at radius 1 is 0.906 bits per heavy atom. The zero-order chi connectivity index (χ0) is 23.4. The number of hydrogen-bond acceptors (Lipinski definition) is 2. The second-order valence-corrected chi connectivity index (χ2v) is 9.36. The van der Waals surface area contributed by atoms with Crippen molar-refractivity contribution in [2.24, 2.45) is 5.92 Å². The molecule has 3 heteroatoms. The van der Waals surface area contributed by atoms with E-state index in [0.29, 0.717) is 0 Å². The third kappa shape index (κ3) is 3.21. The van der Waals surface area contributed by atoms with Gasteiger partial charge in [0, 0.05) is 29.5 Å². The van der Waals surface area contributed by atoms with Gasteiger partial charge >= 0.3 is 0 Å². The standard InChI is InChI=1S/C29H24N2S/c1-19(2)15-20-11-14-24-25(18-32-28(24)16-20)29-30-26-9-5-6-10-27(26)31(29)23-13-12-21-7-3-4-8-22(21)17-23/h3-14,16-19H,15H2,1-2H3/i15D2. The predicted molar refractivity (Wildman–Crippen MR) is 138 cm³/mol. The second-order valence-electron chi connectivity index (χ2n) is 8.45. The van der Waals surface area contributed by atoms with E-state index in [0.717, 1.165) is 43.8 Å². The van der Waals surface area contributed by atoms with E-state index < -0.39 is 6.37 Å². The minimum atomic E-state index is -1.36. The molecular weight excluding hydrogens is 408 g/mol. The van der Waals surface area contributed by atoms with Crippen LogP contribution in [0.1, 0.15) is 22.2 Å². The van der Waals surface area contributed by atoms with Gasteiger partial charge in [0.05, 0.1) is 11.0 Å². The van der Waals surface area contributed by atoms with E-state index in [1.54, 1.807) is 11.3 Å². The van der Waals surface area contributed by atoms with Gasteiger partial charge in [0.25, 0.3) is 0 Å². The summed E-state index contributed by atoms with van der Waals surface area (Å²) in [5, 5.41) is 5.66. The van der Waals surface area contributed by atoms with Crippen molar-refractivity contribution in [2.75, 3.05) is 0 Å². The number of rotatable bonds is 4. The second kappa shape index (κ2) is 7.61. The average Bonchev–Trinajstić information content (AvgIpc) is 3.44. The molecule has 0 amide bonds. The molecule has 0 aliphatic rings. The number of hydrogen-bond donors (Lipinski definition) is 0. The van der Waals surface area contributed by atoms with Crippen molar-refractivity contribution in [3.63, 3.8) is 0 Å². The van der Waals surface area contributed by atoms with Crippen molar-refractivity contribution < 1.29 is 2.74 Å². The topological polar surface area (TPSA) is 17.8 Å². The summed E-state index contributed by atoms with van der Waals surface area (Å²) >= 11 is 1.65. The summed E-state index contributed by atoms with van der Waals surface area (Å²) in [6.45, 7) is 3.85. The van der Waals surface area contributed by atoms with Gasteiger partial charge in [-0.05, 0) is 59.0 Å². The van der Waals surface area contributed by atoms with Crippen LogP contribution in [0.4, 0.5) is 0 Å². The first kappa shape index (κ1) is 17.2. The zero-order valence-electron chi connectivity index (χ0n) is 20.0. The van der Waals surface area contributed by atoms with Crippen LogP contribution in [0.3, 0.4) is 0 Å². The fraction of sp³-hybridized carbons (Fsp3) is 0.138. The molecular formula is C29H24N2S. The van der Waals surface area contributed by atoms with Gasteiger partial charge in [0.1, 0.15) is 5.82 Å². The van der Waals surface area contributed by atoms with Crippen molar-refractivity contribution in [3.8, 4) is 17.1 Å². The molecule has 2 nitrogen and oxygen atoms in total. The largest absolute Gasteiger partial charge is 0.292 e. The SMILES string of the molecule is [2H]C([2H])(c1ccc2c(-c3nc4ccccc4n3-c3ccc4ccccc4c3)csc2c1)C(C)C. The minimum Gasteiger partial charge on any atom is -0.292 e. The van der Waals surface area contributed by atoms with Gasteiger partial charge < -0.3 is 0 Å². The van der Waals surface area contributed by atoms with E-state index in [2.05, 4.69) is 76.7 Å². The fourth-order valence-electron chi connectivity index (χ4n) is 4.41. The molecule has 0 radical (unpaired) electrons. The van der Waals surface area contributed by atoms with E-state index in [1.165, 1.54) is 10.8 Å². The van der Waals surface area contributed by atoms with E-state index in [1.807, 2.05) is 32.0 Å². The fourth-order valence-corrected chi connectivity index (χ4v) is 5.39. The molecule has 0 aliphatic heterocycles. The lowest BCUT2D eigenvalue weighted by Gasteiger charge is -2.11. The highest BCUT2D eigenvalue weighted by Crippen LogP contribution is 2.37. The van der Waals surface area contributed by atoms with Crippen LogP contribution < -0.4 is 0 Å². The van der Waals surface area contributed by atoms with E-state index in [-0.39, 0.29) is 5.92 Å². The summed E-state index contributed by atoms with van der Waals surface area (Å²) in [5.74, 6) is 0.809. The maximum absolute atomic E-state index is 8.51. The highest BCUT2D eigenvalue weighted by molar-refractivity contribution is 7.17. The number of benzene rings is 4. The number of aromatic nitrogens is 2.